The summed E-state index contributed by atoms with van der Waals surface area (Å²) in [5.74, 6) is 2.07. The summed E-state index contributed by atoms with van der Waals surface area (Å²) in [5, 5.41) is 13.6. The number of aromatic nitrogens is 2. The summed E-state index contributed by atoms with van der Waals surface area (Å²) in [6.07, 6.45) is 3.53. The fourth-order valence-corrected chi connectivity index (χ4v) is 4.15. The number of amides is 1. The highest BCUT2D eigenvalue weighted by molar-refractivity contribution is 7.99. The molecule has 0 bridgehead atoms. The lowest BCUT2D eigenvalue weighted by molar-refractivity contribution is -0.120. The third kappa shape index (κ3) is 4.14. The van der Waals surface area contributed by atoms with Crippen molar-refractivity contribution in [2.24, 2.45) is 11.8 Å². The number of carbonyl (C=O) groups excluding carboxylic acids is 1. The van der Waals surface area contributed by atoms with Gasteiger partial charge in [-0.25, -0.2) is 0 Å². The zero-order valence-corrected chi connectivity index (χ0v) is 15.0. The minimum absolute atomic E-state index is 0.0387. The Morgan fingerprint density at radius 1 is 1.43 bits per heavy atom. The molecule has 5 nitrogen and oxygen atoms in total. The average molecular weight is 351 g/mol. The largest absolute Gasteiger partial charge is 0.410 e. The van der Waals surface area contributed by atoms with E-state index >= 15 is 0 Å². The van der Waals surface area contributed by atoms with Crippen LogP contribution >= 0.6 is 23.1 Å². The zero-order valence-electron chi connectivity index (χ0n) is 13.3. The topological polar surface area (TPSA) is 68.0 Å². The predicted octanol–water partition coefficient (Wildman–Crippen LogP) is 3.83. The van der Waals surface area contributed by atoms with E-state index in [0.29, 0.717) is 28.7 Å². The van der Waals surface area contributed by atoms with E-state index in [-0.39, 0.29) is 11.9 Å². The van der Waals surface area contributed by atoms with E-state index in [9.17, 15) is 4.79 Å². The fraction of sp³-hybridized carbons (Fsp3) is 0.562. The molecule has 0 radical (unpaired) electrons. The van der Waals surface area contributed by atoms with Crippen LogP contribution in [0, 0.1) is 11.8 Å². The van der Waals surface area contributed by atoms with E-state index in [1.54, 1.807) is 11.3 Å². The standard InChI is InChI=1S/C16H21N3O2S2/c1-10-5-3-6-12(11(10)2)17-14(20)9-23-16-19-18-15(21-16)13-7-4-8-22-13/h4,7-8,10-12H,3,5-6,9H2,1-2H3,(H,17,20)/t10-,11+,12+/m0/s1. The summed E-state index contributed by atoms with van der Waals surface area (Å²) in [4.78, 5) is 13.1. The van der Waals surface area contributed by atoms with Gasteiger partial charge in [-0.3, -0.25) is 4.79 Å². The number of carbonyl (C=O) groups is 1. The first-order chi connectivity index (χ1) is 11.1. The van der Waals surface area contributed by atoms with Crippen molar-refractivity contribution in [2.75, 3.05) is 5.75 Å². The van der Waals surface area contributed by atoms with Gasteiger partial charge in [0, 0.05) is 6.04 Å². The summed E-state index contributed by atoms with van der Waals surface area (Å²) >= 11 is 2.84. The van der Waals surface area contributed by atoms with Crippen LogP contribution in [0.4, 0.5) is 0 Å². The van der Waals surface area contributed by atoms with Gasteiger partial charge in [-0.05, 0) is 29.7 Å². The zero-order chi connectivity index (χ0) is 16.2. The van der Waals surface area contributed by atoms with Gasteiger partial charge in [0.05, 0.1) is 10.6 Å². The summed E-state index contributed by atoms with van der Waals surface area (Å²) < 4.78 is 5.58. The maximum atomic E-state index is 12.2. The van der Waals surface area contributed by atoms with Crippen molar-refractivity contribution >= 4 is 29.0 Å². The third-order valence-electron chi connectivity index (χ3n) is 4.52. The van der Waals surface area contributed by atoms with E-state index < -0.39 is 0 Å². The monoisotopic (exact) mass is 351 g/mol. The van der Waals surface area contributed by atoms with Crippen molar-refractivity contribution in [3.8, 4) is 10.8 Å². The van der Waals surface area contributed by atoms with Gasteiger partial charge < -0.3 is 9.73 Å². The van der Waals surface area contributed by atoms with Crippen LogP contribution in [-0.4, -0.2) is 27.9 Å². The highest BCUT2D eigenvalue weighted by Gasteiger charge is 2.28. The molecular weight excluding hydrogens is 330 g/mol. The molecule has 1 N–H and O–H groups in total. The molecule has 0 unspecified atom stereocenters. The lowest BCUT2D eigenvalue weighted by Gasteiger charge is -2.34. The van der Waals surface area contributed by atoms with Crippen molar-refractivity contribution in [2.45, 2.75) is 44.4 Å². The van der Waals surface area contributed by atoms with E-state index in [1.165, 1.54) is 24.6 Å². The minimum atomic E-state index is 0.0387. The Morgan fingerprint density at radius 3 is 3.09 bits per heavy atom. The Balaban J connectivity index is 1.49. The number of nitrogens with one attached hydrogen (secondary N) is 1. The van der Waals surface area contributed by atoms with Gasteiger partial charge in [0.2, 0.25) is 5.91 Å². The van der Waals surface area contributed by atoms with Gasteiger partial charge in [0.15, 0.2) is 0 Å². The molecule has 1 saturated carbocycles. The first-order valence-electron chi connectivity index (χ1n) is 7.93. The van der Waals surface area contributed by atoms with Crippen LogP contribution in [0.5, 0.6) is 0 Å². The Kier molecular flexibility index (Phi) is 5.38. The second-order valence-corrected chi connectivity index (χ2v) is 7.95. The number of nitrogens with zero attached hydrogens (tertiary/aromatic N) is 2. The Labute approximate surface area is 144 Å². The molecule has 0 saturated heterocycles. The van der Waals surface area contributed by atoms with Crippen LogP contribution in [0.15, 0.2) is 27.2 Å². The highest BCUT2D eigenvalue weighted by Crippen LogP contribution is 2.30. The SMILES string of the molecule is C[C@@H]1[C@@H](C)CCC[C@H]1NC(=O)CSc1nnc(-c2cccs2)o1. The van der Waals surface area contributed by atoms with Gasteiger partial charge in [-0.2, -0.15) is 0 Å². The van der Waals surface area contributed by atoms with Crippen molar-refractivity contribution in [3.05, 3.63) is 17.5 Å². The number of hydrogen-bond acceptors (Lipinski definition) is 6. The van der Waals surface area contributed by atoms with Gasteiger partial charge >= 0.3 is 0 Å². The smallest absolute Gasteiger partial charge is 0.277 e. The van der Waals surface area contributed by atoms with E-state index in [2.05, 4.69) is 29.4 Å². The van der Waals surface area contributed by atoms with Gasteiger partial charge in [-0.15, -0.1) is 21.5 Å². The van der Waals surface area contributed by atoms with E-state index in [0.717, 1.165) is 11.3 Å². The Bertz CT molecular complexity index is 642. The molecule has 1 aliphatic carbocycles. The Morgan fingerprint density at radius 2 is 2.30 bits per heavy atom. The summed E-state index contributed by atoms with van der Waals surface area (Å²) in [7, 11) is 0. The molecule has 1 amide bonds. The maximum Gasteiger partial charge on any atom is 0.277 e. The molecule has 0 aliphatic heterocycles. The molecular formula is C16H21N3O2S2. The van der Waals surface area contributed by atoms with Crippen LogP contribution in [0.1, 0.15) is 33.1 Å². The van der Waals surface area contributed by atoms with E-state index in [1.807, 2.05) is 17.5 Å². The Hall–Kier alpha value is -1.34. The number of hydrogen-bond donors (Lipinski definition) is 1. The molecule has 2 heterocycles. The fourth-order valence-electron chi connectivity index (χ4n) is 2.93. The molecule has 7 heteroatoms. The number of thiophene rings is 1. The van der Waals surface area contributed by atoms with Gasteiger partial charge in [-0.1, -0.05) is 44.5 Å². The van der Waals surface area contributed by atoms with Gasteiger partial charge in [0.25, 0.3) is 11.1 Å². The van der Waals surface area contributed by atoms with Crippen LogP contribution < -0.4 is 5.32 Å². The summed E-state index contributed by atoms with van der Waals surface area (Å²) in [6.45, 7) is 4.50. The molecule has 23 heavy (non-hydrogen) atoms. The molecule has 2 aromatic heterocycles. The third-order valence-corrected chi connectivity index (χ3v) is 6.19. The first kappa shape index (κ1) is 16.5. The molecule has 0 spiro atoms. The normalized spacial score (nSPS) is 24.5. The highest BCUT2D eigenvalue weighted by atomic mass is 32.2. The number of rotatable bonds is 5. The van der Waals surface area contributed by atoms with Crippen LogP contribution in [-0.2, 0) is 4.79 Å². The van der Waals surface area contributed by atoms with Crippen LogP contribution in [0.2, 0.25) is 0 Å². The molecule has 3 rings (SSSR count). The van der Waals surface area contributed by atoms with Crippen molar-refractivity contribution < 1.29 is 9.21 Å². The predicted molar refractivity (Wildman–Crippen MR) is 92.4 cm³/mol. The molecule has 2 aromatic rings. The van der Waals surface area contributed by atoms with Crippen molar-refractivity contribution in [1.29, 1.82) is 0 Å². The molecule has 0 aromatic carbocycles. The van der Waals surface area contributed by atoms with Crippen molar-refractivity contribution in [3.63, 3.8) is 0 Å². The minimum Gasteiger partial charge on any atom is -0.410 e. The van der Waals surface area contributed by atoms with Gasteiger partial charge in [0.1, 0.15) is 0 Å². The molecule has 1 aliphatic rings. The van der Waals surface area contributed by atoms with Crippen LogP contribution in [0.25, 0.3) is 10.8 Å². The summed E-state index contributed by atoms with van der Waals surface area (Å²) in [6, 6.07) is 4.16. The quantitative estimate of drug-likeness (QED) is 0.829. The summed E-state index contributed by atoms with van der Waals surface area (Å²) in [5.41, 5.74) is 0. The van der Waals surface area contributed by atoms with Crippen LogP contribution in [0.3, 0.4) is 0 Å². The lowest BCUT2D eigenvalue weighted by atomic mass is 9.78. The van der Waals surface area contributed by atoms with Crippen molar-refractivity contribution in [1.82, 2.24) is 15.5 Å². The number of thioether (sulfide) groups is 1. The molecule has 1 fully saturated rings. The second-order valence-electron chi connectivity index (χ2n) is 6.08. The average Bonchev–Trinajstić information content (AvgIpc) is 3.20. The van der Waals surface area contributed by atoms with E-state index in [4.69, 9.17) is 4.42 Å². The maximum absolute atomic E-state index is 12.2. The lowest BCUT2D eigenvalue weighted by Crippen LogP contribution is -2.44. The second kappa shape index (κ2) is 7.49. The molecule has 3 atom stereocenters. The first-order valence-corrected chi connectivity index (χ1v) is 9.79. The molecule has 124 valence electrons.